The number of hydrogen-bond donors (Lipinski definition) is 1. The first-order chi connectivity index (χ1) is 9.08. The van der Waals surface area contributed by atoms with Crippen molar-refractivity contribution in [2.45, 2.75) is 53.1 Å². The number of likely N-dealkylation sites (tertiary alicyclic amines) is 1. The van der Waals surface area contributed by atoms with Gasteiger partial charge in [0.25, 0.3) is 0 Å². The van der Waals surface area contributed by atoms with E-state index in [0.717, 1.165) is 6.42 Å². The van der Waals surface area contributed by atoms with E-state index < -0.39 is 22.9 Å². The molecule has 2 unspecified atom stereocenters. The first kappa shape index (κ1) is 17.0. The molecule has 1 aliphatic rings. The predicted octanol–water partition coefficient (Wildman–Crippen LogP) is 1.59. The third kappa shape index (κ3) is 4.20. The Morgan fingerprint density at radius 2 is 2.00 bits per heavy atom. The van der Waals surface area contributed by atoms with Gasteiger partial charge in [0.05, 0.1) is 12.2 Å². The molecule has 0 aromatic carbocycles. The van der Waals surface area contributed by atoms with Gasteiger partial charge in [0, 0.05) is 13.1 Å². The van der Waals surface area contributed by atoms with Gasteiger partial charge < -0.3 is 14.7 Å². The van der Waals surface area contributed by atoms with Gasteiger partial charge in [0.2, 0.25) is 5.91 Å². The van der Waals surface area contributed by atoms with Crippen molar-refractivity contribution in [2.75, 3.05) is 19.7 Å². The molecular weight excluding hydrogens is 258 g/mol. The summed E-state index contributed by atoms with van der Waals surface area (Å²) in [5, 5.41) is 10.1. The zero-order chi connectivity index (χ0) is 15.6. The molecule has 5 heteroatoms. The van der Waals surface area contributed by atoms with Crippen LogP contribution in [0.1, 0.15) is 47.5 Å². The Morgan fingerprint density at radius 1 is 1.40 bits per heavy atom. The fourth-order valence-corrected chi connectivity index (χ4v) is 2.64. The van der Waals surface area contributed by atoms with E-state index in [1.54, 1.807) is 18.7 Å². The Hall–Kier alpha value is -1.10. The molecule has 0 bridgehead atoms. The zero-order valence-electron chi connectivity index (χ0n) is 13.2. The molecule has 1 amide bonds. The van der Waals surface area contributed by atoms with E-state index in [-0.39, 0.29) is 19.1 Å². The Balaban J connectivity index is 2.91. The van der Waals surface area contributed by atoms with Crippen LogP contribution >= 0.6 is 0 Å². The summed E-state index contributed by atoms with van der Waals surface area (Å²) in [5.41, 5.74) is -1.38. The number of esters is 1. The highest BCUT2D eigenvalue weighted by Crippen LogP contribution is 2.31. The summed E-state index contributed by atoms with van der Waals surface area (Å²) in [4.78, 5) is 26.4. The highest BCUT2D eigenvalue weighted by molar-refractivity contribution is 5.98. The number of carbonyl (C=O) groups excluding carboxylic acids is 2. The van der Waals surface area contributed by atoms with Gasteiger partial charge in [-0.2, -0.15) is 0 Å². The summed E-state index contributed by atoms with van der Waals surface area (Å²) in [6.07, 6.45) is 1.43. The Labute approximate surface area is 121 Å². The van der Waals surface area contributed by atoms with Crippen molar-refractivity contribution < 1.29 is 19.4 Å². The smallest absolute Gasteiger partial charge is 0.319 e. The highest BCUT2D eigenvalue weighted by Gasteiger charge is 2.43. The summed E-state index contributed by atoms with van der Waals surface area (Å²) in [5.74, 6) is -1.54. The van der Waals surface area contributed by atoms with E-state index in [0.29, 0.717) is 13.0 Å². The minimum atomic E-state index is -0.870. The van der Waals surface area contributed by atoms with Crippen LogP contribution in [0, 0.1) is 11.3 Å². The van der Waals surface area contributed by atoms with E-state index in [9.17, 15) is 14.7 Å². The van der Waals surface area contributed by atoms with E-state index in [2.05, 4.69) is 0 Å². The third-order valence-corrected chi connectivity index (χ3v) is 3.62. The van der Waals surface area contributed by atoms with Crippen LogP contribution in [0.25, 0.3) is 0 Å². The number of β-amino-alcohol motifs (C(OH)–C–C–N with tert-alkyl or cyclic N) is 1. The Kier molecular flexibility index (Phi) is 5.19. The molecule has 1 fully saturated rings. The lowest BCUT2D eigenvalue weighted by Gasteiger charge is -2.40. The van der Waals surface area contributed by atoms with Gasteiger partial charge in [-0.15, -0.1) is 0 Å². The molecule has 20 heavy (non-hydrogen) atoms. The molecule has 0 saturated carbocycles. The standard InChI is InChI=1S/C15H27NO4/c1-6-20-13(18)11(14(2,3)4)12(17)16-9-7-8-15(5,19)10-16/h11,19H,6-10H2,1-5H3. The van der Waals surface area contributed by atoms with Crippen LogP contribution in [0.5, 0.6) is 0 Å². The van der Waals surface area contributed by atoms with Crippen LogP contribution in [-0.4, -0.2) is 47.2 Å². The van der Waals surface area contributed by atoms with Crippen LogP contribution < -0.4 is 0 Å². The van der Waals surface area contributed by atoms with E-state index >= 15 is 0 Å². The van der Waals surface area contributed by atoms with E-state index in [1.165, 1.54) is 0 Å². The average molecular weight is 285 g/mol. The van der Waals surface area contributed by atoms with Gasteiger partial charge in [-0.3, -0.25) is 9.59 Å². The lowest BCUT2D eigenvalue weighted by molar-refractivity contribution is -0.163. The van der Waals surface area contributed by atoms with Gasteiger partial charge in [-0.05, 0) is 32.1 Å². The number of piperidine rings is 1. The SMILES string of the molecule is CCOC(=O)C(C(=O)N1CCCC(C)(O)C1)C(C)(C)C. The largest absolute Gasteiger partial charge is 0.465 e. The molecule has 0 radical (unpaired) electrons. The third-order valence-electron chi connectivity index (χ3n) is 3.62. The van der Waals surface area contributed by atoms with E-state index in [1.807, 2.05) is 20.8 Å². The number of amides is 1. The van der Waals surface area contributed by atoms with Gasteiger partial charge in [0.15, 0.2) is 0 Å². The Bertz CT molecular complexity index is 371. The summed E-state index contributed by atoms with van der Waals surface area (Å²) in [6, 6.07) is 0. The predicted molar refractivity (Wildman–Crippen MR) is 76.0 cm³/mol. The second-order valence-corrected chi connectivity index (χ2v) is 6.91. The molecule has 1 N–H and O–H groups in total. The van der Waals surface area contributed by atoms with Crippen LogP contribution in [0.2, 0.25) is 0 Å². The molecule has 0 aliphatic carbocycles. The van der Waals surface area contributed by atoms with Crippen molar-refractivity contribution in [1.82, 2.24) is 4.90 Å². The second-order valence-electron chi connectivity index (χ2n) is 6.91. The number of hydrogen-bond acceptors (Lipinski definition) is 4. The van der Waals surface area contributed by atoms with Gasteiger partial charge in [-0.1, -0.05) is 20.8 Å². The molecule has 0 aromatic rings. The fourth-order valence-electron chi connectivity index (χ4n) is 2.64. The maximum atomic E-state index is 12.7. The van der Waals surface area contributed by atoms with Crippen LogP contribution in [0.3, 0.4) is 0 Å². The number of rotatable bonds is 3. The van der Waals surface area contributed by atoms with Crippen LogP contribution in [0.15, 0.2) is 0 Å². The molecule has 5 nitrogen and oxygen atoms in total. The highest BCUT2D eigenvalue weighted by atomic mass is 16.5. The lowest BCUT2D eigenvalue weighted by atomic mass is 9.79. The van der Waals surface area contributed by atoms with Gasteiger partial charge in [-0.25, -0.2) is 0 Å². The van der Waals surface area contributed by atoms with Crippen molar-refractivity contribution in [3.8, 4) is 0 Å². The number of ether oxygens (including phenoxy) is 1. The topological polar surface area (TPSA) is 66.8 Å². The monoisotopic (exact) mass is 285 g/mol. The summed E-state index contributed by atoms with van der Waals surface area (Å²) in [7, 11) is 0. The molecule has 1 aliphatic heterocycles. The number of carbonyl (C=O) groups is 2. The maximum Gasteiger partial charge on any atom is 0.319 e. The quantitative estimate of drug-likeness (QED) is 0.631. The van der Waals surface area contributed by atoms with Crippen molar-refractivity contribution in [3.05, 3.63) is 0 Å². The van der Waals surface area contributed by atoms with Crippen molar-refractivity contribution >= 4 is 11.9 Å². The molecular formula is C15H27NO4. The molecule has 0 spiro atoms. The maximum absolute atomic E-state index is 12.7. The second kappa shape index (κ2) is 6.12. The summed E-state index contributed by atoms with van der Waals surface area (Å²) >= 11 is 0. The van der Waals surface area contributed by atoms with Crippen molar-refractivity contribution in [1.29, 1.82) is 0 Å². The summed E-state index contributed by atoms with van der Waals surface area (Å²) < 4.78 is 5.05. The van der Waals surface area contributed by atoms with E-state index in [4.69, 9.17) is 4.74 Å². The number of nitrogens with zero attached hydrogens (tertiary/aromatic N) is 1. The van der Waals surface area contributed by atoms with Crippen LogP contribution in [-0.2, 0) is 14.3 Å². The molecule has 0 aromatic heterocycles. The molecule has 1 saturated heterocycles. The van der Waals surface area contributed by atoms with Crippen molar-refractivity contribution in [2.24, 2.45) is 11.3 Å². The minimum absolute atomic E-state index is 0.240. The summed E-state index contributed by atoms with van der Waals surface area (Å²) in [6.45, 7) is 10.1. The lowest BCUT2D eigenvalue weighted by Crippen LogP contribution is -2.53. The first-order valence-electron chi connectivity index (χ1n) is 7.26. The molecule has 2 atom stereocenters. The normalized spacial score (nSPS) is 25.2. The molecule has 1 rings (SSSR count). The number of aliphatic hydroxyl groups is 1. The Morgan fingerprint density at radius 3 is 2.45 bits per heavy atom. The molecule has 116 valence electrons. The van der Waals surface area contributed by atoms with Gasteiger partial charge >= 0.3 is 5.97 Å². The van der Waals surface area contributed by atoms with Crippen molar-refractivity contribution in [3.63, 3.8) is 0 Å². The zero-order valence-corrected chi connectivity index (χ0v) is 13.2. The average Bonchev–Trinajstić information content (AvgIpc) is 2.26. The van der Waals surface area contributed by atoms with Crippen LogP contribution in [0.4, 0.5) is 0 Å². The fraction of sp³-hybridized carbons (Fsp3) is 0.867. The minimum Gasteiger partial charge on any atom is -0.465 e. The van der Waals surface area contributed by atoms with Gasteiger partial charge in [0.1, 0.15) is 5.92 Å². The first-order valence-corrected chi connectivity index (χ1v) is 7.26. The molecule has 1 heterocycles.